The van der Waals surface area contributed by atoms with Crippen molar-refractivity contribution in [2.24, 2.45) is 0 Å². The van der Waals surface area contributed by atoms with Crippen LogP contribution in [-0.4, -0.2) is 18.4 Å². The van der Waals surface area contributed by atoms with Gasteiger partial charge in [0, 0.05) is 13.5 Å². The molecule has 4 heteroatoms. The summed E-state index contributed by atoms with van der Waals surface area (Å²) < 4.78 is 0. The lowest BCUT2D eigenvalue weighted by Gasteiger charge is -2.08. The van der Waals surface area contributed by atoms with Crippen molar-refractivity contribution in [1.82, 2.24) is 10.6 Å². The molecule has 0 saturated carbocycles. The van der Waals surface area contributed by atoms with Crippen LogP contribution in [0.5, 0.6) is 0 Å². The van der Waals surface area contributed by atoms with Gasteiger partial charge in [-0.1, -0.05) is 30.3 Å². The molecule has 90 valence electrons. The van der Waals surface area contributed by atoms with E-state index in [1.54, 1.807) is 6.08 Å². The van der Waals surface area contributed by atoms with Gasteiger partial charge < -0.3 is 10.6 Å². The number of hydrogen-bond donors (Lipinski definition) is 2. The van der Waals surface area contributed by atoms with Crippen molar-refractivity contribution >= 4 is 17.9 Å². The Labute approximate surface area is 101 Å². The van der Waals surface area contributed by atoms with Gasteiger partial charge in [0.15, 0.2) is 0 Å². The maximum absolute atomic E-state index is 11.7. The van der Waals surface area contributed by atoms with Crippen LogP contribution < -0.4 is 10.6 Å². The van der Waals surface area contributed by atoms with Crippen LogP contribution in [0.3, 0.4) is 0 Å². The summed E-state index contributed by atoms with van der Waals surface area (Å²) in [5, 5.41) is 5.17. The number of likely N-dealkylation sites (N-methyl/N-ethyl adjacent to an activating group) is 1. The number of amides is 2. The van der Waals surface area contributed by atoms with Gasteiger partial charge in [0.1, 0.15) is 5.70 Å². The topological polar surface area (TPSA) is 58.2 Å². The van der Waals surface area contributed by atoms with Crippen LogP contribution in [0, 0.1) is 0 Å². The van der Waals surface area contributed by atoms with Crippen molar-refractivity contribution in [3.63, 3.8) is 0 Å². The largest absolute Gasteiger partial charge is 0.351 e. The molecule has 0 aliphatic rings. The van der Waals surface area contributed by atoms with Gasteiger partial charge in [-0.15, -0.1) is 0 Å². The standard InChI is InChI=1S/C13H16N2O2/c1-3-14-13(17)12(15-10(2)16)9-11-7-5-4-6-8-11/h4-9H,3H2,1-2H3,(H,14,17)(H,15,16). The molecule has 0 fully saturated rings. The van der Waals surface area contributed by atoms with Crippen molar-refractivity contribution in [3.05, 3.63) is 41.6 Å². The highest BCUT2D eigenvalue weighted by molar-refractivity contribution is 6.00. The fraction of sp³-hybridized carbons (Fsp3) is 0.231. The first-order chi connectivity index (χ1) is 8.13. The highest BCUT2D eigenvalue weighted by atomic mass is 16.2. The van der Waals surface area contributed by atoms with E-state index in [9.17, 15) is 9.59 Å². The van der Waals surface area contributed by atoms with Gasteiger partial charge in [0.05, 0.1) is 0 Å². The molecule has 0 aliphatic carbocycles. The molecule has 0 aromatic heterocycles. The fourth-order valence-corrected chi connectivity index (χ4v) is 1.32. The highest BCUT2D eigenvalue weighted by Crippen LogP contribution is 2.04. The molecule has 2 amide bonds. The molecule has 17 heavy (non-hydrogen) atoms. The van der Waals surface area contributed by atoms with E-state index in [2.05, 4.69) is 10.6 Å². The number of hydrogen-bond acceptors (Lipinski definition) is 2. The van der Waals surface area contributed by atoms with Gasteiger partial charge in [0.25, 0.3) is 5.91 Å². The lowest BCUT2D eigenvalue weighted by Crippen LogP contribution is -2.33. The van der Waals surface area contributed by atoms with E-state index in [0.717, 1.165) is 5.56 Å². The molecule has 1 aromatic carbocycles. The summed E-state index contributed by atoms with van der Waals surface area (Å²) in [5.41, 5.74) is 1.12. The first-order valence-corrected chi connectivity index (χ1v) is 5.46. The van der Waals surface area contributed by atoms with Gasteiger partial charge in [-0.05, 0) is 18.6 Å². The predicted molar refractivity (Wildman–Crippen MR) is 66.9 cm³/mol. The molecule has 0 atom stereocenters. The molecule has 1 aromatic rings. The molecule has 0 aliphatic heterocycles. The Morgan fingerprint density at radius 3 is 2.41 bits per heavy atom. The molecule has 4 nitrogen and oxygen atoms in total. The summed E-state index contributed by atoms with van der Waals surface area (Å²) in [6.45, 7) is 3.72. The second-order valence-electron chi connectivity index (χ2n) is 3.51. The minimum absolute atomic E-state index is 0.255. The van der Waals surface area contributed by atoms with Crippen molar-refractivity contribution in [2.45, 2.75) is 13.8 Å². The average molecular weight is 232 g/mol. The van der Waals surface area contributed by atoms with E-state index < -0.39 is 0 Å². The summed E-state index contributed by atoms with van der Waals surface area (Å²) in [6.07, 6.45) is 1.65. The van der Waals surface area contributed by atoms with Gasteiger partial charge in [0.2, 0.25) is 5.91 Å². The zero-order valence-electron chi connectivity index (χ0n) is 9.99. The summed E-state index contributed by atoms with van der Waals surface area (Å²) in [5.74, 6) is -0.551. The van der Waals surface area contributed by atoms with E-state index >= 15 is 0 Å². The van der Waals surface area contributed by atoms with Gasteiger partial charge in [-0.2, -0.15) is 0 Å². The maximum atomic E-state index is 11.7. The summed E-state index contributed by atoms with van der Waals surface area (Å²) in [6, 6.07) is 9.35. The number of carbonyl (C=O) groups excluding carboxylic acids is 2. The predicted octanol–water partition coefficient (Wildman–Crippen LogP) is 1.30. The Bertz CT molecular complexity index is 424. The first-order valence-electron chi connectivity index (χ1n) is 5.46. The fourth-order valence-electron chi connectivity index (χ4n) is 1.32. The Hall–Kier alpha value is -2.10. The summed E-state index contributed by atoms with van der Waals surface area (Å²) in [4.78, 5) is 22.7. The Morgan fingerprint density at radius 2 is 1.88 bits per heavy atom. The Kier molecular flexibility index (Phi) is 4.94. The van der Waals surface area contributed by atoms with E-state index in [1.807, 2.05) is 37.3 Å². The van der Waals surface area contributed by atoms with Crippen LogP contribution >= 0.6 is 0 Å². The lowest BCUT2D eigenvalue weighted by atomic mass is 10.2. The molecule has 0 saturated heterocycles. The Morgan fingerprint density at radius 1 is 1.24 bits per heavy atom. The number of nitrogens with one attached hydrogen (secondary N) is 2. The number of rotatable bonds is 4. The SMILES string of the molecule is CCNC(=O)C(=Cc1ccccc1)NC(C)=O. The van der Waals surface area contributed by atoms with Crippen molar-refractivity contribution in [1.29, 1.82) is 0 Å². The van der Waals surface area contributed by atoms with E-state index in [1.165, 1.54) is 6.92 Å². The number of benzene rings is 1. The summed E-state index contributed by atoms with van der Waals surface area (Å²) >= 11 is 0. The van der Waals surface area contributed by atoms with Crippen LogP contribution in [-0.2, 0) is 9.59 Å². The van der Waals surface area contributed by atoms with Crippen molar-refractivity contribution < 1.29 is 9.59 Å². The second-order valence-corrected chi connectivity index (χ2v) is 3.51. The van der Waals surface area contributed by atoms with Crippen LogP contribution in [0.25, 0.3) is 6.08 Å². The van der Waals surface area contributed by atoms with Crippen LogP contribution in [0.15, 0.2) is 36.0 Å². The van der Waals surface area contributed by atoms with Crippen LogP contribution in [0.4, 0.5) is 0 Å². The molecule has 0 heterocycles. The first kappa shape index (κ1) is 13.0. The van der Waals surface area contributed by atoms with Crippen molar-refractivity contribution in [3.8, 4) is 0 Å². The van der Waals surface area contributed by atoms with Crippen LogP contribution in [0.2, 0.25) is 0 Å². The molecule has 2 N–H and O–H groups in total. The van der Waals surface area contributed by atoms with Crippen LogP contribution in [0.1, 0.15) is 19.4 Å². The minimum Gasteiger partial charge on any atom is -0.351 e. The smallest absolute Gasteiger partial charge is 0.267 e. The normalized spacial score (nSPS) is 10.8. The average Bonchev–Trinajstić information content (AvgIpc) is 2.29. The molecule has 0 bridgehead atoms. The minimum atomic E-state index is -0.286. The van der Waals surface area contributed by atoms with Gasteiger partial charge >= 0.3 is 0 Å². The molecular weight excluding hydrogens is 216 g/mol. The van der Waals surface area contributed by atoms with Gasteiger partial charge in [-0.3, -0.25) is 9.59 Å². The zero-order chi connectivity index (χ0) is 12.7. The summed E-state index contributed by atoms with van der Waals surface area (Å²) in [7, 11) is 0. The van der Waals surface area contributed by atoms with E-state index in [0.29, 0.717) is 6.54 Å². The highest BCUT2D eigenvalue weighted by Gasteiger charge is 2.09. The van der Waals surface area contributed by atoms with Crippen molar-refractivity contribution in [2.75, 3.05) is 6.54 Å². The molecule has 0 unspecified atom stereocenters. The van der Waals surface area contributed by atoms with Gasteiger partial charge in [-0.25, -0.2) is 0 Å². The zero-order valence-corrected chi connectivity index (χ0v) is 9.99. The monoisotopic (exact) mass is 232 g/mol. The number of carbonyl (C=O) groups is 2. The van der Waals surface area contributed by atoms with E-state index in [4.69, 9.17) is 0 Å². The molecular formula is C13H16N2O2. The maximum Gasteiger partial charge on any atom is 0.267 e. The quantitative estimate of drug-likeness (QED) is 0.769. The third kappa shape index (κ3) is 4.51. The van der Waals surface area contributed by atoms with E-state index in [-0.39, 0.29) is 17.5 Å². The lowest BCUT2D eigenvalue weighted by molar-refractivity contribution is -0.122. The molecule has 0 radical (unpaired) electrons. The Balaban J connectivity index is 2.93. The third-order valence-corrected chi connectivity index (χ3v) is 2.00. The molecule has 1 rings (SSSR count). The third-order valence-electron chi connectivity index (χ3n) is 2.00. The molecule has 0 spiro atoms. The second kappa shape index (κ2) is 6.48.